The minimum Gasteiger partial charge on any atom is -0.454 e. The summed E-state index contributed by atoms with van der Waals surface area (Å²) in [5.74, 6) is -0.318. The Hall–Kier alpha value is -2.35. The number of carbonyl (C=O) groups excluding carboxylic acids is 1. The van der Waals surface area contributed by atoms with Crippen LogP contribution < -0.4 is 0 Å². The number of ether oxygens (including phenoxy) is 1. The highest BCUT2D eigenvalue weighted by Crippen LogP contribution is 2.10. The lowest BCUT2D eigenvalue weighted by Gasteiger charge is -2.14. The molecule has 0 fully saturated rings. The lowest BCUT2D eigenvalue weighted by atomic mass is 10.1. The SMILES string of the molecule is C=C[C@@H](Cc1ccccc1)OC(=O)c1ccccc1. The summed E-state index contributed by atoms with van der Waals surface area (Å²) in [6.45, 7) is 3.73. The molecule has 0 amide bonds. The summed E-state index contributed by atoms with van der Waals surface area (Å²) in [6, 6.07) is 18.9. The van der Waals surface area contributed by atoms with Crippen molar-refractivity contribution in [2.45, 2.75) is 12.5 Å². The largest absolute Gasteiger partial charge is 0.454 e. The molecule has 1 atom stereocenters. The van der Waals surface area contributed by atoms with E-state index in [1.165, 1.54) is 0 Å². The number of rotatable bonds is 5. The van der Waals surface area contributed by atoms with Crippen LogP contribution in [0.5, 0.6) is 0 Å². The van der Waals surface area contributed by atoms with Gasteiger partial charge in [0.05, 0.1) is 5.56 Å². The fraction of sp³-hybridized carbons (Fsp3) is 0.118. The van der Waals surface area contributed by atoms with E-state index in [4.69, 9.17) is 4.74 Å². The molecule has 0 aromatic heterocycles. The highest BCUT2D eigenvalue weighted by atomic mass is 16.5. The van der Waals surface area contributed by atoms with Crippen LogP contribution >= 0.6 is 0 Å². The topological polar surface area (TPSA) is 26.3 Å². The van der Waals surface area contributed by atoms with Crippen LogP contribution in [0.1, 0.15) is 15.9 Å². The molecule has 0 radical (unpaired) electrons. The molecule has 0 heterocycles. The number of benzene rings is 2. The summed E-state index contributed by atoms with van der Waals surface area (Å²) < 4.78 is 5.43. The summed E-state index contributed by atoms with van der Waals surface area (Å²) >= 11 is 0. The number of hydrogen-bond acceptors (Lipinski definition) is 2. The maximum Gasteiger partial charge on any atom is 0.338 e. The zero-order valence-corrected chi connectivity index (χ0v) is 10.7. The van der Waals surface area contributed by atoms with E-state index in [1.54, 1.807) is 18.2 Å². The molecular formula is C17H16O2. The molecule has 0 bridgehead atoms. The van der Waals surface area contributed by atoms with Gasteiger partial charge in [-0.25, -0.2) is 4.79 Å². The minimum atomic E-state index is -0.318. The van der Waals surface area contributed by atoms with Gasteiger partial charge in [0.25, 0.3) is 0 Å². The van der Waals surface area contributed by atoms with Crippen molar-refractivity contribution in [1.29, 1.82) is 0 Å². The Bertz CT molecular complexity index is 532. The lowest BCUT2D eigenvalue weighted by Crippen LogP contribution is -2.18. The standard InChI is InChI=1S/C17H16O2/c1-2-16(13-14-9-5-3-6-10-14)19-17(18)15-11-7-4-8-12-15/h2-12,16H,1,13H2/t16-/m0/s1. The van der Waals surface area contributed by atoms with E-state index in [-0.39, 0.29) is 12.1 Å². The van der Waals surface area contributed by atoms with Gasteiger partial charge < -0.3 is 4.74 Å². The summed E-state index contributed by atoms with van der Waals surface area (Å²) in [5.41, 5.74) is 1.68. The van der Waals surface area contributed by atoms with Crippen LogP contribution in [0, 0.1) is 0 Å². The lowest BCUT2D eigenvalue weighted by molar-refractivity contribution is 0.0396. The van der Waals surface area contributed by atoms with Crippen molar-refractivity contribution in [1.82, 2.24) is 0 Å². The van der Waals surface area contributed by atoms with Gasteiger partial charge in [-0.3, -0.25) is 0 Å². The van der Waals surface area contributed by atoms with E-state index in [0.717, 1.165) is 5.56 Å². The van der Waals surface area contributed by atoms with Gasteiger partial charge in [-0.2, -0.15) is 0 Å². The van der Waals surface area contributed by atoms with Crippen LogP contribution in [0.3, 0.4) is 0 Å². The molecule has 0 aliphatic carbocycles. The van der Waals surface area contributed by atoms with E-state index in [9.17, 15) is 4.79 Å². The first-order valence-electron chi connectivity index (χ1n) is 6.22. The molecule has 19 heavy (non-hydrogen) atoms. The molecule has 0 spiro atoms. The zero-order chi connectivity index (χ0) is 13.5. The molecule has 2 aromatic rings. The fourth-order valence-corrected chi connectivity index (χ4v) is 1.80. The Labute approximate surface area is 113 Å². The summed E-state index contributed by atoms with van der Waals surface area (Å²) in [4.78, 5) is 11.9. The van der Waals surface area contributed by atoms with Gasteiger partial charge in [0.15, 0.2) is 0 Å². The van der Waals surface area contributed by atoms with E-state index < -0.39 is 0 Å². The molecule has 96 valence electrons. The smallest absolute Gasteiger partial charge is 0.338 e. The van der Waals surface area contributed by atoms with Crippen molar-refractivity contribution in [2.24, 2.45) is 0 Å². The fourth-order valence-electron chi connectivity index (χ4n) is 1.80. The van der Waals surface area contributed by atoms with Crippen molar-refractivity contribution in [2.75, 3.05) is 0 Å². The molecule has 0 saturated carbocycles. The van der Waals surface area contributed by atoms with Crippen molar-refractivity contribution < 1.29 is 9.53 Å². The van der Waals surface area contributed by atoms with Crippen molar-refractivity contribution >= 4 is 5.97 Å². The van der Waals surface area contributed by atoms with Gasteiger partial charge in [-0.15, -0.1) is 0 Å². The van der Waals surface area contributed by atoms with E-state index in [0.29, 0.717) is 12.0 Å². The second kappa shape index (κ2) is 6.55. The maximum absolute atomic E-state index is 11.9. The highest BCUT2D eigenvalue weighted by molar-refractivity contribution is 5.89. The molecule has 0 saturated heterocycles. The second-order valence-corrected chi connectivity index (χ2v) is 4.24. The van der Waals surface area contributed by atoms with Crippen LogP contribution in [0.25, 0.3) is 0 Å². The van der Waals surface area contributed by atoms with Crippen molar-refractivity contribution in [3.63, 3.8) is 0 Å². The van der Waals surface area contributed by atoms with Crippen LogP contribution in [0.15, 0.2) is 73.3 Å². The summed E-state index contributed by atoms with van der Waals surface area (Å²) in [7, 11) is 0. The van der Waals surface area contributed by atoms with Gasteiger partial charge in [-0.05, 0) is 17.7 Å². The summed E-state index contributed by atoms with van der Waals surface area (Å²) in [5, 5.41) is 0. The van der Waals surface area contributed by atoms with Crippen LogP contribution in [0.4, 0.5) is 0 Å². The third-order valence-electron chi connectivity index (χ3n) is 2.81. The van der Waals surface area contributed by atoms with E-state index >= 15 is 0 Å². The zero-order valence-electron chi connectivity index (χ0n) is 10.7. The molecule has 0 N–H and O–H groups in total. The molecular weight excluding hydrogens is 236 g/mol. The molecule has 2 nitrogen and oxygen atoms in total. The van der Waals surface area contributed by atoms with Crippen LogP contribution in [-0.4, -0.2) is 12.1 Å². The molecule has 0 aliphatic heterocycles. The average molecular weight is 252 g/mol. The Kier molecular flexibility index (Phi) is 4.51. The quantitative estimate of drug-likeness (QED) is 0.600. The Morgan fingerprint density at radius 2 is 1.63 bits per heavy atom. The number of carbonyl (C=O) groups is 1. The Morgan fingerprint density at radius 1 is 1.05 bits per heavy atom. The normalized spacial score (nSPS) is 11.6. The minimum absolute atomic E-state index is 0.310. The summed E-state index contributed by atoms with van der Waals surface area (Å²) in [6.07, 6.45) is 1.99. The molecule has 0 unspecified atom stereocenters. The first-order valence-corrected chi connectivity index (χ1v) is 6.22. The van der Waals surface area contributed by atoms with Gasteiger partial charge in [0.2, 0.25) is 0 Å². The monoisotopic (exact) mass is 252 g/mol. The average Bonchev–Trinajstić information content (AvgIpc) is 2.48. The third kappa shape index (κ3) is 3.81. The number of esters is 1. The predicted molar refractivity (Wildman–Crippen MR) is 76.0 cm³/mol. The molecule has 2 heteroatoms. The van der Waals surface area contributed by atoms with Crippen molar-refractivity contribution in [3.05, 3.63) is 84.4 Å². The first kappa shape index (κ1) is 13.1. The van der Waals surface area contributed by atoms with Gasteiger partial charge in [0.1, 0.15) is 6.10 Å². The van der Waals surface area contributed by atoms with Crippen molar-refractivity contribution in [3.8, 4) is 0 Å². The Morgan fingerprint density at radius 3 is 2.21 bits per heavy atom. The predicted octanol–water partition coefficient (Wildman–Crippen LogP) is 3.64. The molecule has 2 aromatic carbocycles. The first-order chi connectivity index (χ1) is 9.29. The van der Waals surface area contributed by atoms with Crippen LogP contribution in [-0.2, 0) is 11.2 Å². The Balaban J connectivity index is 2.00. The van der Waals surface area contributed by atoms with Crippen LogP contribution in [0.2, 0.25) is 0 Å². The van der Waals surface area contributed by atoms with Gasteiger partial charge in [0, 0.05) is 6.42 Å². The third-order valence-corrected chi connectivity index (χ3v) is 2.81. The van der Waals surface area contributed by atoms with E-state index in [2.05, 4.69) is 6.58 Å². The maximum atomic E-state index is 11.9. The molecule has 2 rings (SSSR count). The van der Waals surface area contributed by atoms with Gasteiger partial charge >= 0.3 is 5.97 Å². The number of hydrogen-bond donors (Lipinski definition) is 0. The molecule has 0 aliphatic rings. The second-order valence-electron chi connectivity index (χ2n) is 4.24. The highest BCUT2D eigenvalue weighted by Gasteiger charge is 2.13. The van der Waals surface area contributed by atoms with E-state index in [1.807, 2.05) is 48.5 Å². The van der Waals surface area contributed by atoms with Gasteiger partial charge in [-0.1, -0.05) is 61.2 Å².